The normalized spacial score (nSPS) is 27.7. The van der Waals surface area contributed by atoms with Gasteiger partial charge < -0.3 is 23.7 Å². The molecule has 35 heavy (non-hydrogen) atoms. The van der Waals surface area contributed by atoms with E-state index in [4.69, 9.17) is 23.7 Å². The summed E-state index contributed by atoms with van der Waals surface area (Å²) in [6.07, 6.45) is -1.38. The number of aromatic nitrogens is 2. The molecule has 9 nitrogen and oxygen atoms in total. The van der Waals surface area contributed by atoms with E-state index in [0.29, 0.717) is 12.2 Å². The van der Waals surface area contributed by atoms with Crippen molar-refractivity contribution in [2.75, 3.05) is 13.7 Å². The Kier molecular flexibility index (Phi) is 6.68. The van der Waals surface area contributed by atoms with Gasteiger partial charge in [0.2, 0.25) is 5.79 Å². The predicted octanol–water partition coefficient (Wildman–Crippen LogP) is 2.29. The summed E-state index contributed by atoms with van der Waals surface area (Å²) in [4.78, 5) is 27.0. The molecule has 2 saturated heterocycles. The van der Waals surface area contributed by atoms with Crippen molar-refractivity contribution in [3.8, 4) is 0 Å². The molecule has 2 fully saturated rings. The number of ether oxygens (including phenoxy) is 5. The third-order valence-electron chi connectivity index (χ3n) is 6.44. The molecular weight excluding hydrogens is 452 g/mol. The summed E-state index contributed by atoms with van der Waals surface area (Å²) in [5.74, 6) is -1.32. The molecule has 9 heteroatoms. The Hall–Kier alpha value is -3.08. The Bertz CT molecular complexity index is 1260. The first-order chi connectivity index (χ1) is 17.0. The van der Waals surface area contributed by atoms with Crippen LogP contribution in [0.1, 0.15) is 22.9 Å². The van der Waals surface area contributed by atoms with Gasteiger partial charge in [-0.15, -0.1) is 0 Å². The topological polar surface area (TPSA) is 101 Å². The molecule has 184 valence electrons. The number of rotatable bonds is 8. The summed E-state index contributed by atoms with van der Waals surface area (Å²) in [5.41, 5.74) is 1.28. The van der Waals surface area contributed by atoms with Gasteiger partial charge in [-0.2, -0.15) is 0 Å². The zero-order valence-electron chi connectivity index (χ0n) is 19.6. The summed E-state index contributed by atoms with van der Waals surface area (Å²) < 4.78 is 32.4. The lowest BCUT2D eigenvalue weighted by Gasteiger charge is -2.33. The molecule has 3 aromatic rings. The van der Waals surface area contributed by atoms with Crippen LogP contribution in [0.5, 0.6) is 0 Å². The highest BCUT2D eigenvalue weighted by molar-refractivity contribution is 5.16. The molecule has 3 heterocycles. The van der Waals surface area contributed by atoms with Crippen molar-refractivity contribution in [3.63, 3.8) is 0 Å². The highest BCUT2D eigenvalue weighted by atomic mass is 16.8. The second-order valence-corrected chi connectivity index (χ2v) is 8.72. The maximum atomic E-state index is 12.7. The molecule has 0 bridgehead atoms. The zero-order chi connectivity index (χ0) is 24.4. The smallest absolute Gasteiger partial charge is 0.330 e. The molecule has 0 saturated carbocycles. The molecule has 5 atom stereocenters. The van der Waals surface area contributed by atoms with Crippen LogP contribution in [0, 0.1) is 6.92 Å². The zero-order valence-corrected chi connectivity index (χ0v) is 19.6. The molecule has 2 aliphatic rings. The molecule has 5 rings (SSSR count). The SMILES string of the molecule is CO[C@H]1[C@H](n2cc(C)c(=O)[nH]c2=O)O[C@@H]2[C@H](OCc3ccccc3)CO[C@@]21OCc1ccccc1. The quantitative estimate of drug-likeness (QED) is 0.528. The molecule has 0 spiro atoms. The van der Waals surface area contributed by atoms with Gasteiger partial charge in [-0.1, -0.05) is 60.7 Å². The van der Waals surface area contributed by atoms with Gasteiger partial charge in [0.1, 0.15) is 12.2 Å². The number of hydrogen-bond donors (Lipinski definition) is 1. The van der Waals surface area contributed by atoms with Crippen molar-refractivity contribution in [2.24, 2.45) is 0 Å². The lowest BCUT2D eigenvalue weighted by atomic mass is 10.0. The monoisotopic (exact) mass is 480 g/mol. The number of fused-ring (bicyclic) bond motifs is 1. The Morgan fingerprint density at radius 3 is 2.34 bits per heavy atom. The average Bonchev–Trinajstić information content (AvgIpc) is 3.38. The molecule has 1 N–H and O–H groups in total. The van der Waals surface area contributed by atoms with Crippen LogP contribution in [0.2, 0.25) is 0 Å². The number of H-pyrrole nitrogens is 1. The summed E-state index contributed by atoms with van der Waals surface area (Å²) in [6.45, 7) is 2.47. The van der Waals surface area contributed by atoms with Crippen molar-refractivity contribution in [3.05, 3.63) is 104 Å². The fourth-order valence-corrected chi connectivity index (χ4v) is 4.64. The summed E-state index contributed by atoms with van der Waals surface area (Å²) in [7, 11) is 1.52. The van der Waals surface area contributed by atoms with Crippen LogP contribution in [0.25, 0.3) is 0 Å². The van der Waals surface area contributed by atoms with Gasteiger partial charge in [-0.3, -0.25) is 14.3 Å². The van der Waals surface area contributed by atoms with E-state index in [9.17, 15) is 9.59 Å². The van der Waals surface area contributed by atoms with Crippen LogP contribution in [-0.2, 0) is 36.9 Å². The second-order valence-electron chi connectivity index (χ2n) is 8.72. The van der Waals surface area contributed by atoms with E-state index in [1.807, 2.05) is 60.7 Å². The Morgan fingerprint density at radius 2 is 1.69 bits per heavy atom. The highest BCUT2D eigenvalue weighted by Gasteiger charge is 2.67. The number of aromatic amines is 1. The van der Waals surface area contributed by atoms with Crippen LogP contribution in [0.15, 0.2) is 76.4 Å². The van der Waals surface area contributed by atoms with E-state index < -0.39 is 41.6 Å². The Labute approximate surface area is 202 Å². The number of nitrogens with zero attached hydrogens (tertiary/aromatic N) is 1. The predicted molar refractivity (Wildman–Crippen MR) is 126 cm³/mol. The number of benzene rings is 2. The third kappa shape index (κ3) is 4.49. The Balaban J connectivity index is 1.47. The van der Waals surface area contributed by atoms with E-state index in [1.54, 1.807) is 6.92 Å². The van der Waals surface area contributed by atoms with E-state index in [-0.39, 0.29) is 13.2 Å². The van der Waals surface area contributed by atoms with Gasteiger partial charge in [0.25, 0.3) is 5.56 Å². The highest BCUT2D eigenvalue weighted by Crippen LogP contribution is 2.48. The molecule has 2 aliphatic heterocycles. The lowest BCUT2D eigenvalue weighted by Crippen LogP contribution is -2.51. The standard InChI is InChI=1S/C26H28N2O7/c1-17-13-28(25(30)27-23(17)29)24-22(31-2)26(33-15-19-11-7-4-8-12-19)21(35-24)20(16-34-26)32-14-18-9-5-3-6-10-18/h3-13,20-22,24H,14-16H2,1-2H3,(H,27,29,30)/t20-,21-,22+,24-,26+/m1/s1. The number of aryl methyl sites for hydroxylation is 1. The van der Waals surface area contributed by atoms with Crippen molar-refractivity contribution in [2.45, 2.75) is 50.5 Å². The van der Waals surface area contributed by atoms with Crippen LogP contribution in [-0.4, -0.2) is 47.4 Å². The van der Waals surface area contributed by atoms with Crippen molar-refractivity contribution < 1.29 is 23.7 Å². The number of nitrogens with one attached hydrogen (secondary N) is 1. The minimum atomic E-state index is -1.32. The van der Waals surface area contributed by atoms with Gasteiger partial charge in [-0.05, 0) is 18.1 Å². The minimum Gasteiger partial charge on any atom is -0.371 e. The van der Waals surface area contributed by atoms with Crippen LogP contribution >= 0.6 is 0 Å². The van der Waals surface area contributed by atoms with Crippen molar-refractivity contribution in [1.29, 1.82) is 0 Å². The summed E-state index contributed by atoms with van der Waals surface area (Å²) in [6, 6.07) is 19.5. The fourth-order valence-electron chi connectivity index (χ4n) is 4.64. The van der Waals surface area contributed by atoms with Crippen molar-refractivity contribution in [1.82, 2.24) is 9.55 Å². The van der Waals surface area contributed by atoms with Gasteiger partial charge in [0.05, 0.1) is 19.8 Å². The molecule has 2 aromatic carbocycles. The van der Waals surface area contributed by atoms with Crippen LogP contribution < -0.4 is 11.2 Å². The van der Waals surface area contributed by atoms with E-state index in [0.717, 1.165) is 11.1 Å². The van der Waals surface area contributed by atoms with E-state index in [1.165, 1.54) is 17.9 Å². The molecule has 0 unspecified atom stereocenters. The number of hydrogen-bond acceptors (Lipinski definition) is 7. The molecule has 0 amide bonds. The molecule has 0 aliphatic carbocycles. The van der Waals surface area contributed by atoms with Gasteiger partial charge in [0, 0.05) is 18.9 Å². The van der Waals surface area contributed by atoms with Gasteiger partial charge in [-0.25, -0.2) is 4.79 Å². The van der Waals surface area contributed by atoms with E-state index >= 15 is 0 Å². The molecular formula is C26H28N2O7. The van der Waals surface area contributed by atoms with Gasteiger partial charge >= 0.3 is 5.69 Å². The third-order valence-corrected chi connectivity index (χ3v) is 6.44. The molecule has 0 radical (unpaired) electrons. The van der Waals surface area contributed by atoms with Crippen LogP contribution in [0.3, 0.4) is 0 Å². The fraction of sp³-hybridized carbons (Fsp3) is 0.385. The number of methoxy groups -OCH3 is 1. The van der Waals surface area contributed by atoms with Crippen LogP contribution in [0.4, 0.5) is 0 Å². The largest absolute Gasteiger partial charge is 0.371 e. The first-order valence-electron chi connectivity index (χ1n) is 11.5. The molecule has 1 aromatic heterocycles. The minimum absolute atomic E-state index is 0.235. The maximum absolute atomic E-state index is 12.7. The second kappa shape index (κ2) is 9.88. The lowest BCUT2D eigenvalue weighted by molar-refractivity contribution is -0.269. The first-order valence-corrected chi connectivity index (χ1v) is 11.5. The summed E-state index contributed by atoms with van der Waals surface area (Å²) >= 11 is 0. The average molecular weight is 481 g/mol. The first kappa shape index (κ1) is 23.7. The van der Waals surface area contributed by atoms with E-state index in [2.05, 4.69) is 4.98 Å². The maximum Gasteiger partial charge on any atom is 0.330 e. The Morgan fingerprint density at radius 1 is 1.03 bits per heavy atom. The van der Waals surface area contributed by atoms with Gasteiger partial charge in [0.15, 0.2) is 12.3 Å². The summed E-state index contributed by atoms with van der Waals surface area (Å²) in [5, 5.41) is 0. The van der Waals surface area contributed by atoms with Crippen molar-refractivity contribution >= 4 is 0 Å².